The molecular weight excluding hydrogens is 280 g/mol. The van der Waals surface area contributed by atoms with Crippen LogP contribution in [0.4, 0.5) is 0 Å². The van der Waals surface area contributed by atoms with Crippen molar-refractivity contribution in [3.8, 4) is 0 Å². The van der Waals surface area contributed by atoms with Gasteiger partial charge in [-0.15, -0.1) is 0 Å². The van der Waals surface area contributed by atoms with Gasteiger partial charge in [0.2, 0.25) is 0 Å². The summed E-state index contributed by atoms with van der Waals surface area (Å²) in [6.45, 7) is 3.74. The van der Waals surface area contributed by atoms with Crippen LogP contribution in [-0.4, -0.2) is 17.0 Å². The predicted molar refractivity (Wildman–Crippen MR) is 82.9 cm³/mol. The highest BCUT2D eigenvalue weighted by molar-refractivity contribution is 6.02. The molecule has 2 rings (SSSR count). The molecule has 0 heterocycles. The fourth-order valence-electron chi connectivity index (χ4n) is 2.23. The Morgan fingerprint density at radius 1 is 1.00 bits per heavy atom. The summed E-state index contributed by atoms with van der Waals surface area (Å²) in [6.07, 6.45) is 0.581. The zero-order valence-electron chi connectivity index (χ0n) is 12.6. The van der Waals surface area contributed by atoms with Crippen molar-refractivity contribution in [1.29, 1.82) is 0 Å². The molecule has 0 radical (unpaired) electrons. The van der Waals surface area contributed by atoms with Crippen LogP contribution in [-0.2, 0) is 10.3 Å². The standard InChI is InChI=1S/C18H18O4/c1-3-18(2,13-9-5-4-6-10-13)22-17(21)15-12-8-7-11-14(15)16(19)20/h4-12H,3H2,1-2H3,(H,19,20). The summed E-state index contributed by atoms with van der Waals surface area (Å²) in [6, 6.07) is 15.5. The molecular formula is C18H18O4. The Morgan fingerprint density at radius 3 is 2.09 bits per heavy atom. The summed E-state index contributed by atoms with van der Waals surface area (Å²) >= 11 is 0. The van der Waals surface area contributed by atoms with Crippen molar-refractivity contribution < 1.29 is 19.4 Å². The van der Waals surface area contributed by atoms with Gasteiger partial charge in [0.05, 0.1) is 11.1 Å². The van der Waals surface area contributed by atoms with Crippen LogP contribution < -0.4 is 0 Å². The monoisotopic (exact) mass is 298 g/mol. The van der Waals surface area contributed by atoms with Gasteiger partial charge in [-0.1, -0.05) is 49.4 Å². The fraction of sp³-hybridized carbons (Fsp3) is 0.222. The van der Waals surface area contributed by atoms with E-state index in [2.05, 4.69) is 0 Å². The number of carbonyl (C=O) groups is 2. The lowest BCUT2D eigenvalue weighted by molar-refractivity contribution is -0.0143. The molecule has 0 saturated heterocycles. The number of carboxylic acid groups (broad SMARTS) is 1. The van der Waals surface area contributed by atoms with Crippen LogP contribution in [0.15, 0.2) is 54.6 Å². The number of hydrogen-bond donors (Lipinski definition) is 1. The van der Waals surface area contributed by atoms with E-state index in [1.165, 1.54) is 12.1 Å². The number of rotatable bonds is 5. The lowest BCUT2D eigenvalue weighted by atomic mass is 9.93. The maximum atomic E-state index is 12.4. The van der Waals surface area contributed by atoms with Gasteiger partial charge in [-0.25, -0.2) is 9.59 Å². The molecule has 0 aromatic heterocycles. The van der Waals surface area contributed by atoms with Gasteiger partial charge >= 0.3 is 11.9 Å². The molecule has 1 N–H and O–H groups in total. The lowest BCUT2D eigenvalue weighted by Gasteiger charge is -2.29. The van der Waals surface area contributed by atoms with Gasteiger partial charge < -0.3 is 9.84 Å². The van der Waals surface area contributed by atoms with Crippen molar-refractivity contribution in [2.24, 2.45) is 0 Å². The number of carboxylic acids is 1. The van der Waals surface area contributed by atoms with E-state index in [0.29, 0.717) is 6.42 Å². The van der Waals surface area contributed by atoms with Crippen LogP contribution in [0.1, 0.15) is 46.5 Å². The highest BCUT2D eigenvalue weighted by atomic mass is 16.6. The van der Waals surface area contributed by atoms with Crippen LogP contribution in [0, 0.1) is 0 Å². The summed E-state index contributed by atoms with van der Waals surface area (Å²) in [4.78, 5) is 23.7. The number of carbonyl (C=O) groups excluding carboxylic acids is 1. The molecule has 0 bridgehead atoms. The van der Waals surface area contributed by atoms with E-state index in [9.17, 15) is 14.7 Å². The topological polar surface area (TPSA) is 63.6 Å². The van der Waals surface area contributed by atoms with Crippen molar-refractivity contribution in [2.45, 2.75) is 25.9 Å². The molecule has 4 heteroatoms. The first-order valence-electron chi connectivity index (χ1n) is 7.09. The molecule has 114 valence electrons. The van der Waals surface area contributed by atoms with Gasteiger partial charge in [-0.05, 0) is 31.0 Å². The third-order valence-electron chi connectivity index (χ3n) is 3.75. The quantitative estimate of drug-likeness (QED) is 0.851. The lowest BCUT2D eigenvalue weighted by Crippen LogP contribution is -2.29. The van der Waals surface area contributed by atoms with E-state index in [1.807, 2.05) is 44.2 Å². The van der Waals surface area contributed by atoms with Crippen molar-refractivity contribution >= 4 is 11.9 Å². The minimum Gasteiger partial charge on any atom is -0.478 e. The normalized spacial score (nSPS) is 13.2. The maximum absolute atomic E-state index is 12.4. The van der Waals surface area contributed by atoms with E-state index >= 15 is 0 Å². The Bertz CT molecular complexity index is 678. The van der Waals surface area contributed by atoms with Crippen molar-refractivity contribution in [1.82, 2.24) is 0 Å². The largest absolute Gasteiger partial charge is 0.478 e. The molecule has 0 amide bonds. The van der Waals surface area contributed by atoms with Crippen molar-refractivity contribution in [3.63, 3.8) is 0 Å². The Labute approximate surface area is 129 Å². The molecule has 1 atom stereocenters. The number of ether oxygens (including phenoxy) is 1. The summed E-state index contributed by atoms with van der Waals surface area (Å²) in [5, 5.41) is 9.18. The third-order valence-corrected chi connectivity index (χ3v) is 3.75. The van der Waals surface area contributed by atoms with E-state index in [-0.39, 0.29) is 11.1 Å². The van der Waals surface area contributed by atoms with Crippen LogP contribution >= 0.6 is 0 Å². The predicted octanol–water partition coefficient (Wildman–Crippen LogP) is 3.87. The van der Waals surface area contributed by atoms with E-state index in [4.69, 9.17) is 4.74 Å². The Balaban J connectivity index is 2.33. The van der Waals surface area contributed by atoms with Gasteiger partial charge in [0.25, 0.3) is 0 Å². The molecule has 2 aromatic carbocycles. The average Bonchev–Trinajstić information content (AvgIpc) is 2.55. The summed E-state index contributed by atoms with van der Waals surface area (Å²) in [5.41, 5.74) is 0.0764. The summed E-state index contributed by atoms with van der Waals surface area (Å²) in [5.74, 6) is -1.78. The number of hydrogen-bond acceptors (Lipinski definition) is 3. The van der Waals surface area contributed by atoms with Crippen molar-refractivity contribution in [3.05, 3.63) is 71.3 Å². The second-order valence-electron chi connectivity index (χ2n) is 5.19. The van der Waals surface area contributed by atoms with E-state index in [0.717, 1.165) is 5.56 Å². The number of esters is 1. The summed E-state index contributed by atoms with van der Waals surface area (Å²) < 4.78 is 5.65. The van der Waals surface area contributed by atoms with Crippen LogP contribution in [0.3, 0.4) is 0 Å². The first-order valence-corrected chi connectivity index (χ1v) is 7.09. The van der Waals surface area contributed by atoms with E-state index in [1.54, 1.807) is 12.1 Å². The van der Waals surface area contributed by atoms with Crippen molar-refractivity contribution in [2.75, 3.05) is 0 Å². The molecule has 22 heavy (non-hydrogen) atoms. The molecule has 0 fully saturated rings. The minimum atomic E-state index is -1.15. The smallest absolute Gasteiger partial charge is 0.339 e. The molecule has 1 unspecified atom stereocenters. The molecule has 0 aliphatic rings. The fourth-order valence-corrected chi connectivity index (χ4v) is 2.23. The third kappa shape index (κ3) is 3.17. The van der Waals surface area contributed by atoms with Gasteiger partial charge in [-0.3, -0.25) is 0 Å². The first kappa shape index (κ1) is 15.8. The molecule has 0 aliphatic heterocycles. The highest BCUT2D eigenvalue weighted by Gasteiger charge is 2.30. The summed E-state index contributed by atoms with van der Waals surface area (Å²) in [7, 11) is 0. The first-order chi connectivity index (χ1) is 10.5. The molecule has 0 spiro atoms. The average molecular weight is 298 g/mol. The minimum absolute atomic E-state index is 0.0565. The zero-order valence-corrected chi connectivity index (χ0v) is 12.6. The van der Waals surface area contributed by atoms with Crippen LogP contribution in [0.25, 0.3) is 0 Å². The maximum Gasteiger partial charge on any atom is 0.339 e. The Hall–Kier alpha value is -2.62. The van der Waals surface area contributed by atoms with Gasteiger partial charge in [-0.2, -0.15) is 0 Å². The highest BCUT2D eigenvalue weighted by Crippen LogP contribution is 2.30. The van der Waals surface area contributed by atoms with E-state index < -0.39 is 17.5 Å². The van der Waals surface area contributed by atoms with Gasteiger partial charge in [0, 0.05) is 0 Å². The molecule has 0 saturated carbocycles. The molecule has 4 nitrogen and oxygen atoms in total. The second-order valence-corrected chi connectivity index (χ2v) is 5.19. The van der Waals surface area contributed by atoms with Gasteiger partial charge in [0.1, 0.15) is 5.60 Å². The Kier molecular flexibility index (Phi) is 4.61. The van der Waals surface area contributed by atoms with Crippen LogP contribution in [0.2, 0.25) is 0 Å². The van der Waals surface area contributed by atoms with Crippen LogP contribution in [0.5, 0.6) is 0 Å². The SMILES string of the molecule is CCC(C)(OC(=O)c1ccccc1C(=O)O)c1ccccc1. The second kappa shape index (κ2) is 6.43. The molecule has 0 aliphatic carbocycles. The Morgan fingerprint density at radius 2 is 1.55 bits per heavy atom. The molecule has 2 aromatic rings. The number of aromatic carboxylic acids is 1. The number of benzene rings is 2. The van der Waals surface area contributed by atoms with Gasteiger partial charge in [0.15, 0.2) is 0 Å². The zero-order chi connectivity index (χ0) is 16.2.